The monoisotopic (exact) mass is 401 g/mol. The van der Waals surface area contributed by atoms with Gasteiger partial charge in [-0.2, -0.15) is 0 Å². The number of amides is 1. The van der Waals surface area contributed by atoms with Crippen LogP contribution in [0.3, 0.4) is 0 Å². The van der Waals surface area contributed by atoms with Gasteiger partial charge in [-0.15, -0.1) is 0 Å². The van der Waals surface area contributed by atoms with E-state index in [0.717, 1.165) is 42.7 Å². The molecule has 0 aromatic heterocycles. The van der Waals surface area contributed by atoms with Gasteiger partial charge in [-0.05, 0) is 54.7 Å². The Morgan fingerprint density at radius 3 is 2.33 bits per heavy atom. The highest BCUT2D eigenvalue weighted by Crippen LogP contribution is 2.23. The molecular weight excluding hydrogens is 370 g/mol. The van der Waals surface area contributed by atoms with Gasteiger partial charge in [-0.3, -0.25) is 4.79 Å². The van der Waals surface area contributed by atoms with Gasteiger partial charge in [0.15, 0.2) is 0 Å². The van der Waals surface area contributed by atoms with Crippen molar-refractivity contribution in [2.45, 2.75) is 45.4 Å². The van der Waals surface area contributed by atoms with Gasteiger partial charge in [0.25, 0.3) is 0 Å². The zero-order chi connectivity index (χ0) is 21.2. The van der Waals surface area contributed by atoms with Crippen molar-refractivity contribution in [1.82, 2.24) is 0 Å². The van der Waals surface area contributed by atoms with Crippen LogP contribution < -0.4 is 10.1 Å². The van der Waals surface area contributed by atoms with Crippen LogP contribution in [-0.2, 0) is 17.6 Å². The van der Waals surface area contributed by atoms with Crippen LogP contribution in [0.2, 0.25) is 0 Å². The van der Waals surface area contributed by atoms with Crippen LogP contribution >= 0.6 is 0 Å². The first-order chi connectivity index (χ1) is 14.7. The Hall–Kier alpha value is -3.07. The quantitative estimate of drug-likeness (QED) is 0.427. The van der Waals surface area contributed by atoms with Gasteiger partial charge in [0.2, 0.25) is 5.91 Å². The summed E-state index contributed by atoms with van der Waals surface area (Å²) in [6.45, 7) is 4.75. The number of carbonyl (C=O) groups excluding carboxylic acids is 1. The second kappa shape index (κ2) is 11.2. The molecule has 0 aliphatic carbocycles. The lowest BCUT2D eigenvalue weighted by Crippen LogP contribution is -2.19. The first kappa shape index (κ1) is 21.6. The van der Waals surface area contributed by atoms with Crippen LogP contribution in [0, 0.1) is 0 Å². The maximum Gasteiger partial charge on any atom is 0.231 e. The van der Waals surface area contributed by atoms with Gasteiger partial charge in [-0.1, -0.05) is 74.0 Å². The predicted octanol–water partition coefficient (Wildman–Crippen LogP) is 6.39. The number of hydrogen-bond acceptors (Lipinski definition) is 2. The largest absolute Gasteiger partial charge is 0.493 e. The molecule has 3 heteroatoms. The van der Waals surface area contributed by atoms with Gasteiger partial charge < -0.3 is 10.1 Å². The van der Waals surface area contributed by atoms with Gasteiger partial charge in [0, 0.05) is 12.1 Å². The minimum atomic E-state index is -0.234. The fraction of sp³-hybridized carbons (Fsp3) is 0.296. The molecule has 3 rings (SSSR count). The van der Waals surface area contributed by atoms with Gasteiger partial charge >= 0.3 is 0 Å². The van der Waals surface area contributed by atoms with Crippen molar-refractivity contribution in [3.05, 3.63) is 95.6 Å². The molecule has 0 saturated heterocycles. The number of para-hydroxylation sites is 1. The van der Waals surface area contributed by atoms with Crippen molar-refractivity contribution < 1.29 is 9.53 Å². The molecule has 1 amide bonds. The van der Waals surface area contributed by atoms with Crippen LogP contribution in [0.5, 0.6) is 5.75 Å². The Balaban J connectivity index is 1.55. The average Bonchev–Trinajstić information content (AvgIpc) is 2.79. The van der Waals surface area contributed by atoms with Crippen molar-refractivity contribution in [2.24, 2.45) is 0 Å². The summed E-state index contributed by atoms with van der Waals surface area (Å²) in [6.07, 6.45) is 4.11. The van der Waals surface area contributed by atoms with Crippen molar-refractivity contribution in [3.8, 4) is 5.75 Å². The average molecular weight is 402 g/mol. The molecule has 0 saturated carbocycles. The molecule has 0 bridgehead atoms. The Bertz CT molecular complexity index is 919. The topological polar surface area (TPSA) is 38.3 Å². The van der Waals surface area contributed by atoms with Crippen molar-refractivity contribution in [2.75, 3.05) is 11.9 Å². The molecule has 0 heterocycles. The lowest BCUT2D eigenvalue weighted by Gasteiger charge is -2.16. The third-order valence-corrected chi connectivity index (χ3v) is 5.35. The maximum absolute atomic E-state index is 12.8. The number of hydrogen-bond donors (Lipinski definition) is 1. The van der Waals surface area contributed by atoms with Crippen LogP contribution in [0.1, 0.15) is 49.3 Å². The van der Waals surface area contributed by atoms with Crippen LogP contribution in [0.4, 0.5) is 5.69 Å². The standard InChI is InChI=1S/C27H31NO2/c1-3-4-12-24-13-8-9-14-26(24)28-27(29)21(2)23-15-17-25(18-16-23)30-20-19-22-10-6-5-7-11-22/h5-11,13-18,21H,3-4,12,19-20H2,1-2H3,(H,28,29). The number of unbranched alkanes of at least 4 members (excludes halogenated alkanes) is 1. The van der Waals surface area contributed by atoms with E-state index in [4.69, 9.17) is 4.74 Å². The maximum atomic E-state index is 12.8. The van der Waals surface area contributed by atoms with Crippen LogP contribution in [0.25, 0.3) is 0 Å². The van der Waals surface area contributed by atoms with E-state index in [9.17, 15) is 4.79 Å². The van der Waals surface area contributed by atoms with E-state index in [1.165, 1.54) is 11.1 Å². The Kier molecular flexibility index (Phi) is 8.08. The van der Waals surface area contributed by atoms with Crippen molar-refractivity contribution >= 4 is 11.6 Å². The SMILES string of the molecule is CCCCc1ccccc1NC(=O)C(C)c1ccc(OCCc2ccccc2)cc1. The molecule has 1 N–H and O–H groups in total. The highest BCUT2D eigenvalue weighted by molar-refractivity contribution is 5.96. The Morgan fingerprint density at radius 1 is 0.900 bits per heavy atom. The Morgan fingerprint density at radius 2 is 1.60 bits per heavy atom. The normalized spacial score (nSPS) is 11.7. The Labute approximate surface area is 180 Å². The van der Waals surface area contributed by atoms with E-state index in [0.29, 0.717) is 6.61 Å². The molecule has 0 radical (unpaired) electrons. The molecular formula is C27H31NO2. The summed E-state index contributed by atoms with van der Waals surface area (Å²) in [4.78, 5) is 12.8. The van der Waals surface area contributed by atoms with E-state index in [-0.39, 0.29) is 11.8 Å². The highest BCUT2D eigenvalue weighted by Gasteiger charge is 2.16. The van der Waals surface area contributed by atoms with Crippen LogP contribution in [-0.4, -0.2) is 12.5 Å². The first-order valence-electron chi connectivity index (χ1n) is 10.8. The summed E-state index contributed by atoms with van der Waals surface area (Å²) in [6, 6.07) is 26.2. The van der Waals surface area contributed by atoms with E-state index >= 15 is 0 Å². The fourth-order valence-electron chi connectivity index (χ4n) is 3.40. The zero-order valence-corrected chi connectivity index (χ0v) is 17.9. The minimum absolute atomic E-state index is 0.0108. The van der Waals surface area contributed by atoms with Crippen molar-refractivity contribution in [1.29, 1.82) is 0 Å². The number of benzene rings is 3. The van der Waals surface area contributed by atoms with Gasteiger partial charge in [0.05, 0.1) is 12.5 Å². The number of rotatable bonds is 10. The second-order valence-corrected chi connectivity index (χ2v) is 7.62. The summed E-state index contributed by atoms with van der Waals surface area (Å²) in [5.41, 5.74) is 4.36. The third-order valence-electron chi connectivity index (χ3n) is 5.35. The number of nitrogens with one attached hydrogen (secondary N) is 1. The van der Waals surface area contributed by atoms with E-state index in [2.05, 4.69) is 30.4 Å². The van der Waals surface area contributed by atoms with Crippen molar-refractivity contribution in [3.63, 3.8) is 0 Å². The van der Waals surface area contributed by atoms with Crippen LogP contribution in [0.15, 0.2) is 78.9 Å². The molecule has 3 aromatic rings. The number of ether oxygens (including phenoxy) is 1. The molecule has 1 atom stereocenters. The third kappa shape index (κ3) is 6.21. The zero-order valence-electron chi connectivity index (χ0n) is 17.9. The van der Waals surface area contributed by atoms with E-state index in [1.807, 2.05) is 67.6 Å². The lowest BCUT2D eigenvalue weighted by atomic mass is 9.99. The summed E-state index contributed by atoms with van der Waals surface area (Å²) < 4.78 is 5.85. The highest BCUT2D eigenvalue weighted by atomic mass is 16.5. The molecule has 0 aliphatic rings. The molecule has 3 nitrogen and oxygen atoms in total. The molecule has 0 fully saturated rings. The molecule has 156 valence electrons. The molecule has 1 unspecified atom stereocenters. The summed E-state index contributed by atoms with van der Waals surface area (Å²) in [7, 11) is 0. The number of carbonyl (C=O) groups is 1. The van der Waals surface area contributed by atoms with E-state index in [1.54, 1.807) is 0 Å². The molecule has 0 aliphatic heterocycles. The minimum Gasteiger partial charge on any atom is -0.493 e. The lowest BCUT2D eigenvalue weighted by molar-refractivity contribution is -0.117. The molecule has 0 spiro atoms. The molecule has 30 heavy (non-hydrogen) atoms. The number of anilines is 1. The van der Waals surface area contributed by atoms with Gasteiger partial charge in [-0.25, -0.2) is 0 Å². The predicted molar refractivity (Wildman–Crippen MR) is 124 cm³/mol. The summed E-state index contributed by atoms with van der Waals surface area (Å²) in [5, 5.41) is 3.11. The summed E-state index contributed by atoms with van der Waals surface area (Å²) >= 11 is 0. The number of aryl methyl sites for hydroxylation is 1. The molecule has 3 aromatic carbocycles. The van der Waals surface area contributed by atoms with E-state index < -0.39 is 0 Å². The second-order valence-electron chi connectivity index (χ2n) is 7.62. The van der Waals surface area contributed by atoms with Gasteiger partial charge in [0.1, 0.15) is 5.75 Å². The first-order valence-corrected chi connectivity index (χ1v) is 10.8. The summed E-state index contributed by atoms with van der Waals surface area (Å²) in [5.74, 6) is 0.603. The fourth-order valence-corrected chi connectivity index (χ4v) is 3.40. The smallest absolute Gasteiger partial charge is 0.231 e.